The minimum Gasteiger partial charge on any atom is -0.744 e. The predicted molar refractivity (Wildman–Crippen MR) is 118 cm³/mol. The fourth-order valence-corrected chi connectivity index (χ4v) is 5.98. The summed E-state index contributed by atoms with van der Waals surface area (Å²) in [7, 11) is -4.54. The molecule has 12 heteroatoms. The van der Waals surface area contributed by atoms with Crippen molar-refractivity contribution in [1.82, 2.24) is 0 Å². The van der Waals surface area contributed by atoms with Gasteiger partial charge in [0.05, 0.1) is 12.0 Å². The molecular weight excluding hydrogens is 726 g/mol. The molecule has 2 aromatic rings. The SMILES string of the molecule is NC(Cc1cc(I)c(Oc2ccc(S(=O)(=O)[O-])c(I)c2)c(I)c1)C(=O)O.[Na+]. The van der Waals surface area contributed by atoms with Crippen LogP contribution < -0.4 is 40.0 Å². The van der Waals surface area contributed by atoms with E-state index in [9.17, 15) is 17.8 Å². The van der Waals surface area contributed by atoms with Gasteiger partial charge in [0, 0.05) is 3.57 Å². The van der Waals surface area contributed by atoms with Crippen LogP contribution in [-0.2, 0) is 21.3 Å². The van der Waals surface area contributed by atoms with E-state index in [0.29, 0.717) is 11.5 Å². The fraction of sp³-hybridized carbons (Fsp3) is 0.133. The number of rotatable bonds is 6. The van der Waals surface area contributed by atoms with E-state index in [2.05, 4.69) is 45.2 Å². The van der Waals surface area contributed by atoms with Gasteiger partial charge in [0.2, 0.25) is 0 Å². The minimum absolute atomic E-state index is 0. The average molecular weight is 737 g/mol. The summed E-state index contributed by atoms with van der Waals surface area (Å²) < 4.78 is 41.0. The standard InChI is InChI=1S/C15H12I3NO6S.Na/c16-9-6-8(1-2-13(9)26(22,23)24)25-14-10(17)3-7(4-11(14)18)5-12(19)15(20)21;/h1-4,6,12H,5,19H2,(H,20,21)(H,22,23,24);/q;+1/p-1. The Morgan fingerprint density at radius 1 is 1.15 bits per heavy atom. The zero-order valence-electron chi connectivity index (χ0n) is 13.8. The van der Waals surface area contributed by atoms with E-state index >= 15 is 0 Å². The minimum atomic E-state index is -4.54. The molecule has 140 valence electrons. The second-order valence-corrected chi connectivity index (χ2v) is 10.0. The van der Waals surface area contributed by atoms with Gasteiger partial charge in [0.25, 0.3) is 0 Å². The Hall–Kier alpha value is 0.770. The van der Waals surface area contributed by atoms with Crippen molar-refractivity contribution in [2.45, 2.75) is 17.4 Å². The van der Waals surface area contributed by atoms with Crippen LogP contribution in [0.2, 0.25) is 0 Å². The normalized spacial score (nSPS) is 12.2. The van der Waals surface area contributed by atoms with Crippen molar-refractivity contribution in [3.8, 4) is 11.5 Å². The number of carboxylic acids is 1. The van der Waals surface area contributed by atoms with Gasteiger partial charge in [0.15, 0.2) is 5.75 Å². The third-order valence-electron chi connectivity index (χ3n) is 3.22. The molecule has 0 amide bonds. The summed E-state index contributed by atoms with van der Waals surface area (Å²) in [6.45, 7) is 0. The predicted octanol–water partition coefficient (Wildman–Crippen LogP) is 0.155. The molecule has 0 aliphatic carbocycles. The molecule has 2 rings (SSSR count). The van der Waals surface area contributed by atoms with Crippen LogP contribution in [0.15, 0.2) is 35.2 Å². The van der Waals surface area contributed by atoms with Crippen LogP contribution in [0.1, 0.15) is 5.56 Å². The number of hydrogen-bond acceptors (Lipinski definition) is 6. The molecule has 0 saturated carbocycles. The molecule has 0 fully saturated rings. The van der Waals surface area contributed by atoms with Crippen LogP contribution in [0, 0.1) is 10.7 Å². The average Bonchev–Trinajstić information content (AvgIpc) is 2.49. The summed E-state index contributed by atoms with van der Waals surface area (Å²) in [6, 6.07) is 6.65. The van der Waals surface area contributed by atoms with E-state index in [1.54, 1.807) is 34.7 Å². The van der Waals surface area contributed by atoms with Gasteiger partial charge in [-0.25, -0.2) is 8.42 Å². The van der Waals surface area contributed by atoms with E-state index in [1.807, 2.05) is 0 Å². The maximum Gasteiger partial charge on any atom is 1.00 e. The maximum atomic E-state index is 11.1. The molecule has 1 atom stereocenters. The Labute approximate surface area is 219 Å². The molecule has 27 heavy (non-hydrogen) atoms. The van der Waals surface area contributed by atoms with Gasteiger partial charge in [0.1, 0.15) is 21.9 Å². The summed E-state index contributed by atoms with van der Waals surface area (Å²) in [4.78, 5) is 10.6. The first-order chi connectivity index (χ1) is 12.0. The summed E-state index contributed by atoms with van der Waals surface area (Å²) in [5.74, 6) is -0.140. The molecule has 0 heterocycles. The summed E-state index contributed by atoms with van der Waals surface area (Å²) in [5.41, 5.74) is 6.33. The second kappa shape index (κ2) is 10.7. The van der Waals surface area contributed by atoms with Gasteiger partial charge in [-0.05, 0) is 110 Å². The number of aliphatic carboxylic acids is 1. The van der Waals surface area contributed by atoms with Crippen LogP contribution in [0.25, 0.3) is 0 Å². The number of hydrogen-bond donors (Lipinski definition) is 2. The molecule has 3 N–H and O–H groups in total. The Balaban J connectivity index is 0.00000364. The van der Waals surface area contributed by atoms with E-state index in [-0.39, 0.29) is 44.4 Å². The first kappa shape index (κ1) is 25.8. The first-order valence-electron chi connectivity index (χ1n) is 6.88. The van der Waals surface area contributed by atoms with Crippen LogP contribution >= 0.6 is 67.8 Å². The topological polar surface area (TPSA) is 130 Å². The van der Waals surface area contributed by atoms with Gasteiger partial charge in [-0.3, -0.25) is 4.79 Å². The number of benzene rings is 2. The quantitative estimate of drug-likeness (QED) is 0.246. The maximum absolute atomic E-state index is 11.1. The summed E-state index contributed by atoms with van der Waals surface area (Å²) in [6.07, 6.45) is 0.190. The van der Waals surface area contributed by atoms with Gasteiger partial charge in [-0.1, -0.05) is 0 Å². The molecule has 2 aromatic carbocycles. The van der Waals surface area contributed by atoms with Crippen molar-refractivity contribution in [3.05, 3.63) is 46.6 Å². The van der Waals surface area contributed by atoms with Crippen molar-refractivity contribution in [3.63, 3.8) is 0 Å². The molecule has 0 bridgehead atoms. The van der Waals surface area contributed by atoms with Crippen molar-refractivity contribution >= 4 is 83.9 Å². The van der Waals surface area contributed by atoms with Crippen molar-refractivity contribution in [2.24, 2.45) is 5.73 Å². The Bertz CT molecular complexity index is 947. The zero-order valence-corrected chi connectivity index (χ0v) is 23.1. The van der Waals surface area contributed by atoms with E-state index < -0.39 is 22.1 Å². The molecule has 0 saturated heterocycles. The van der Waals surface area contributed by atoms with Crippen LogP contribution in [0.4, 0.5) is 0 Å². The van der Waals surface area contributed by atoms with Crippen molar-refractivity contribution in [1.29, 1.82) is 0 Å². The molecule has 0 aliphatic heterocycles. The summed E-state index contributed by atoms with van der Waals surface area (Å²) in [5, 5.41) is 8.92. The monoisotopic (exact) mass is 737 g/mol. The van der Waals surface area contributed by atoms with Crippen LogP contribution in [-0.4, -0.2) is 30.1 Å². The number of ether oxygens (including phenoxy) is 1. The number of halogens is 3. The third-order valence-corrected chi connectivity index (χ3v) is 6.98. The van der Waals surface area contributed by atoms with Crippen molar-refractivity contribution in [2.75, 3.05) is 0 Å². The number of carbonyl (C=O) groups is 1. The summed E-state index contributed by atoms with van der Waals surface area (Å²) >= 11 is 5.89. The number of nitrogens with two attached hydrogens (primary N) is 1. The van der Waals surface area contributed by atoms with Crippen LogP contribution in [0.5, 0.6) is 11.5 Å². The second-order valence-electron chi connectivity index (χ2n) is 5.19. The Morgan fingerprint density at radius 3 is 2.15 bits per heavy atom. The molecule has 1 unspecified atom stereocenters. The largest absolute Gasteiger partial charge is 1.00 e. The fourth-order valence-electron chi connectivity index (χ4n) is 2.03. The smallest absolute Gasteiger partial charge is 0.744 e. The molecule has 0 radical (unpaired) electrons. The Morgan fingerprint density at radius 2 is 1.70 bits per heavy atom. The van der Waals surface area contributed by atoms with Gasteiger partial charge in [-0.2, -0.15) is 0 Å². The van der Waals surface area contributed by atoms with E-state index in [4.69, 9.17) is 15.6 Å². The zero-order chi connectivity index (χ0) is 19.6. The molecule has 0 aliphatic rings. The molecular formula is C15H11I3NNaO6S. The number of carboxylic acid groups (broad SMARTS) is 1. The van der Waals surface area contributed by atoms with Gasteiger partial charge in [-0.15, -0.1) is 0 Å². The van der Waals surface area contributed by atoms with Crippen molar-refractivity contribution < 1.29 is 57.2 Å². The van der Waals surface area contributed by atoms with Gasteiger partial charge < -0.3 is 20.1 Å². The van der Waals surface area contributed by atoms with Gasteiger partial charge >= 0.3 is 35.5 Å². The molecule has 0 spiro atoms. The van der Waals surface area contributed by atoms with E-state index in [1.165, 1.54) is 18.2 Å². The molecule has 0 aromatic heterocycles. The molecule has 7 nitrogen and oxygen atoms in total. The van der Waals surface area contributed by atoms with E-state index in [0.717, 1.165) is 12.7 Å². The Kier molecular flexibility index (Phi) is 10.2. The third kappa shape index (κ3) is 7.20. The van der Waals surface area contributed by atoms with Crippen LogP contribution in [0.3, 0.4) is 0 Å². The first-order valence-corrected chi connectivity index (χ1v) is 11.5.